The number of hydrogen-bond donors (Lipinski definition) is 1. The van der Waals surface area contributed by atoms with Crippen LogP contribution >= 0.6 is 23.4 Å². The Kier molecular flexibility index (Phi) is 6.51. The van der Waals surface area contributed by atoms with E-state index in [-0.39, 0.29) is 15.8 Å². The minimum absolute atomic E-state index is 0.0656. The van der Waals surface area contributed by atoms with Crippen molar-refractivity contribution in [3.05, 3.63) is 52.8 Å². The number of anilines is 1. The number of nitrogens with zero attached hydrogens (tertiary/aromatic N) is 2. The summed E-state index contributed by atoms with van der Waals surface area (Å²) in [7, 11) is -0.947. The maximum absolute atomic E-state index is 12.4. The number of amides is 1. The lowest BCUT2D eigenvalue weighted by Gasteiger charge is -2.15. The van der Waals surface area contributed by atoms with Gasteiger partial charge in [-0.15, -0.1) is 0 Å². The molecule has 0 spiro atoms. The van der Waals surface area contributed by atoms with Crippen molar-refractivity contribution in [3.63, 3.8) is 0 Å². The van der Waals surface area contributed by atoms with Crippen LogP contribution in [0.3, 0.4) is 0 Å². The Balaban J connectivity index is 2.18. The number of carbonyl (C=O) groups excluding carboxylic acids is 1. The van der Waals surface area contributed by atoms with Crippen LogP contribution in [0.4, 0.5) is 5.69 Å². The van der Waals surface area contributed by atoms with Crippen LogP contribution < -0.4 is 10.0 Å². The van der Waals surface area contributed by atoms with Gasteiger partial charge in [-0.25, -0.2) is 12.7 Å². The van der Waals surface area contributed by atoms with Gasteiger partial charge >= 0.3 is 0 Å². The van der Waals surface area contributed by atoms with Crippen LogP contribution in [0.25, 0.3) is 0 Å². The largest absolute Gasteiger partial charge is 0.618 e. The van der Waals surface area contributed by atoms with Gasteiger partial charge in [0.05, 0.1) is 10.3 Å². The van der Waals surface area contributed by atoms with Crippen molar-refractivity contribution in [1.82, 2.24) is 4.31 Å². The van der Waals surface area contributed by atoms with Crippen molar-refractivity contribution in [3.8, 4) is 0 Å². The summed E-state index contributed by atoms with van der Waals surface area (Å²) in [4.78, 5) is 12.3. The molecule has 1 heterocycles. The molecule has 0 radical (unpaired) electrons. The first-order valence-electron chi connectivity index (χ1n) is 7.50. The van der Waals surface area contributed by atoms with Crippen LogP contribution in [-0.2, 0) is 14.8 Å². The number of rotatable bonds is 6. The lowest BCUT2D eigenvalue weighted by Crippen LogP contribution is -2.30. The SMILES string of the molecule is C[C@@H](Sc1cccc[n+]1[O-])C(=O)Nc1ccc(Cl)c(S(=O)(=O)N(C)C)c1. The van der Waals surface area contributed by atoms with Crippen LogP contribution in [0, 0.1) is 5.21 Å². The zero-order chi connectivity index (χ0) is 19.5. The quantitative estimate of drug-likeness (QED) is 0.444. The van der Waals surface area contributed by atoms with Gasteiger partial charge in [-0.3, -0.25) is 4.79 Å². The lowest BCUT2D eigenvalue weighted by molar-refractivity contribution is -0.645. The molecule has 0 bridgehead atoms. The van der Waals surface area contributed by atoms with Crippen molar-refractivity contribution in [2.24, 2.45) is 0 Å². The molecule has 10 heteroatoms. The fourth-order valence-electron chi connectivity index (χ4n) is 1.96. The Morgan fingerprint density at radius 1 is 1.31 bits per heavy atom. The van der Waals surface area contributed by atoms with Gasteiger partial charge in [-0.1, -0.05) is 11.6 Å². The van der Waals surface area contributed by atoms with Crippen LogP contribution in [0.15, 0.2) is 52.5 Å². The molecule has 1 aromatic heterocycles. The average Bonchev–Trinajstić information content (AvgIpc) is 2.58. The van der Waals surface area contributed by atoms with Gasteiger partial charge in [-0.2, -0.15) is 4.73 Å². The predicted molar refractivity (Wildman–Crippen MR) is 102 cm³/mol. The van der Waals surface area contributed by atoms with E-state index in [0.717, 1.165) is 16.1 Å². The molecule has 1 amide bonds. The summed E-state index contributed by atoms with van der Waals surface area (Å²) < 4.78 is 26.3. The van der Waals surface area contributed by atoms with Gasteiger partial charge in [0.2, 0.25) is 15.9 Å². The smallest absolute Gasteiger partial charge is 0.252 e. The summed E-state index contributed by atoms with van der Waals surface area (Å²) in [5.41, 5.74) is 0.301. The molecule has 1 atom stereocenters. The van der Waals surface area contributed by atoms with E-state index in [1.165, 1.54) is 38.5 Å². The van der Waals surface area contributed by atoms with Gasteiger partial charge in [-0.05, 0) is 43.0 Å². The van der Waals surface area contributed by atoms with E-state index in [1.807, 2.05) is 0 Å². The number of aromatic nitrogens is 1. The Hall–Kier alpha value is -1.81. The molecular formula is C16H18ClN3O4S2. The molecular weight excluding hydrogens is 398 g/mol. The van der Waals surface area contributed by atoms with E-state index in [4.69, 9.17) is 11.6 Å². The Bertz CT molecular complexity index is 919. The lowest BCUT2D eigenvalue weighted by atomic mass is 10.3. The van der Waals surface area contributed by atoms with Crippen molar-refractivity contribution in [2.45, 2.75) is 22.1 Å². The summed E-state index contributed by atoms with van der Waals surface area (Å²) in [6, 6.07) is 9.16. The third-order valence-corrected chi connectivity index (χ3v) is 6.83. The van der Waals surface area contributed by atoms with E-state index >= 15 is 0 Å². The third-order valence-electron chi connectivity index (χ3n) is 3.41. The summed E-state index contributed by atoms with van der Waals surface area (Å²) in [5.74, 6) is -0.366. The summed E-state index contributed by atoms with van der Waals surface area (Å²) >= 11 is 7.09. The van der Waals surface area contributed by atoms with Crippen molar-refractivity contribution < 1.29 is 17.9 Å². The topological polar surface area (TPSA) is 93.4 Å². The molecule has 0 aliphatic carbocycles. The zero-order valence-electron chi connectivity index (χ0n) is 14.3. The number of benzene rings is 1. The summed E-state index contributed by atoms with van der Waals surface area (Å²) in [6.07, 6.45) is 1.35. The maximum atomic E-state index is 12.4. The summed E-state index contributed by atoms with van der Waals surface area (Å²) in [5, 5.41) is 14.2. The first kappa shape index (κ1) is 20.5. The fourth-order valence-corrected chi connectivity index (χ4v) is 4.20. The molecule has 2 rings (SSSR count). The number of thioether (sulfide) groups is 1. The molecule has 0 aliphatic rings. The molecule has 1 aromatic carbocycles. The zero-order valence-corrected chi connectivity index (χ0v) is 16.7. The highest BCUT2D eigenvalue weighted by atomic mass is 35.5. The van der Waals surface area contributed by atoms with E-state index in [1.54, 1.807) is 25.1 Å². The van der Waals surface area contributed by atoms with E-state index in [9.17, 15) is 18.4 Å². The Morgan fingerprint density at radius 2 is 2.00 bits per heavy atom. The minimum Gasteiger partial charge on any atom is -0.618 e. The van der Waals surface area contributed by atoms with Gasteiger partial charge in [0.15, 0.2) is 6.20 Å². The van der Waals surface area contributed by atoms with Crippen molar-refractivity contribution in [1.29, 1.82) is 0 Å². The van der Waals surface area contributed by atoms with E-state index in [2.05, 4.69) is 5.32 Å². The van der Waals surface area contributed by atoms with Gasteiger partial charge in [0.1, 0.15) is 4.90 Å². The Labute approximate surface area is 161 Å². The molecule has 140 valence electrons. The number of halogens is 1. The monoisotopic (exact) mass is 415 g/mol. The molecule has 2 aromatic rings. The highest BCUT2D eigenvalue weighted by Crippen LogP contribution is 2.27. The van der Waals surface area contributed by atoms with Crippen LogP contribution in [0.1, 0.15) is 6.92 Å². The van der Waals surface area contributed by atoms with Crippen LogP contribution in [0.5, 0.6) is 0 Å². The maximum Gasteiger partial charge on any atom is 0.252 e. The third kappa shape index (κ3) is 4.67. The normalized spacial score (nSPS) is 12.8. The van der Waals surface area contributed by atoms with E-state index in [0.29, 0.717) is 15.4 Å². The Morgan fingerprint density at radius 3 is 2.62 bits per heavy atom. The first-order valence-corrected chi connectivity index (χ1v) is 10.2. The number of pyridine rings is 1. The molecule has 26 heavy (non-hydrogen) atoms. The molecule has 1 N–H and O–H groups in total. The van der Waals surface area contributed by atoms with Crippen molar-refractivity contribution in [2.75, 3.05) is 19.4 Å². The van der Waals surface area contributed by atoms with E-state index < -0.39 is 15.3 Å². The number of sulfonamides is 1. The second kappa shape index (κ2) is 8.26. The number of carbonyl (C=O) groups is 1. The van der Waals surface area contributed by atoms with Crippen LogP contribution in [0.2, 0.25) is 5.02 Å². The fraction of sp³-hybridized carbons (Fsp3) is 0.250. The molecule has 7 nitrogen and oxygen atoms in total. The number of nitrogens with one attached hydrogen (secondary N) is 1. The molecule has 0 fully saturated rings. The first-order chi connectivity index (χ1) is 12.1. The molecule has 0 saturated carbocycles. The minimum atomic E-state index is -3.74. The van der Waals surface area contributed by atoms with Gasteiger partial charge < -0.3 is 10.5 Å². The second-order valence-corrected chi connectivity index (χ2v) is 9.44. The van der Waals surface area contributed by atoms with Crippen molar-refractivity contribution >= 4 is 45.0 Å². The summed E-state index contributed by atoms with van der Waals surface area (Å²) in [6.45, 7) is 1.65. The standard InChI is InChI=1S/C16H18ClN3O4S2/c1-11(25-15-6-4-5-9-20(15)22)16(21)18-12-7-8-13(17)14(10-12)26(23,24)19(2)3/h4-11H,1-3H3,(H,18,21)/t11-/m1/s1. The average molecular weight is 416 g/mol. The highest BCUT2D eigenvalue weighted by molar-refractivity contribution is 8.00. The predicted octanol–water partition coefficient (Wildman–Crippen LogP) is 2.34. The second-order valence-electron chi connectivity index (χ2n) is 5.55. The van der Waals surface area contributed by atoms with Gasteiger partial charge in [0, 0.05) is 31.9 Å². The number of hydrogen-bond acceptors (Lipinski definition) is 5. The van der Waals surface area contributed by atoms with Gasteiger partial charge in [0.25, 0.3) is 5.03 Å². The molecule has 0 aliphatic heterocycles. The molecule has 0 saturated heterocycles. The highest BCUT2D eigenvalue weighted by Gasteiger charge is 2.23. The molecule has 0 unspecified atom stereocenters. The van der Waals surface area contributed by atoms with Crippen LogP contribution in [-0.4, -0.2) is 38.0 Å².